The normalized spacial score (nSPS) is 10.4. The third-order valence-electron chi connectivity index (χ3n) is 3.13. The number of benzene rings is 1. The summed E-state index contributed by atoms with van der Waals surface area (Å²) in [6.07, 6.45) is -0.104. The monoisotopic (exact) mass is 288 g/mol. The first kappa shape index (κ1) is 14.8. The molecule has 6 nitrogen and oxygen atoms in total. The molecular formula is C15H16N2O4. The van der Waals surface area contributed by atoms with Gasteiger partial charge in [-0.1, -0.05) is 35.5 Å². The van der Waals surface area contributed by atoms with Crippen LogP contribution in [0.25, 0.3) is 11.3 Å². The molecule has 0 aliphatic carbocycles. The smallest absolute Gasteiger partial charge is 0.305 e. The van der Waals surface area contributed by atoms with Gasteiger partial charge >= 0.3 is 5.97 Å². The van der Waals surface area contributed by atoms with Crippen LogP contribution in [0.2, 0.25) is 0 Å². The SMILES string of the molecule is Cc1onc(-c2ccccc2)c1C(=O)N(C)CCC(=O)O. The molecule has 0 saturated carbocycles. The Morgan fingerprint density at radius 1 is 1.29 bits per heavy atom. The second kappa shape index (κ2) is 6.21. The van der Waals surface area contributed by atoms with Crippen LogP contribution in [-0.2, 0) is 4.79 Å². The van der Waals surface area contributed by atoms with E-state index < -0.39 is 5.97 Å². The molecule has 0 aliphatic rings. The molecule has 0 atom stereocenters. The number of carbonyl (C=O) groups excluding carboxylic acids is 1. The molecule has 1 aromatic heterocycles. The summed E-state index contributed by atoms with van der Waals surface area (Å²) in [7, 11) is 1.56. The van der Waals surface area contributed by atoms with Gasteiger partial charge in [-0.25, -0.2) is 0 Å². The van der Waals surface area contributed by atoms with Crippen LogP contribution >= 0.6 is 0 Å². The number of carboxylic acids is 1. The van der Waals surface area contributed by atoms with E-state index in [1.807, 2.05) is 30.3 Å². The van der Waals surface area contributed by atoms with Crippen molar-refractivity contribution in [3.8, 4) is 11.3 Å². The Kier molecular flexibility index (Phi) is 4.37. The van der Waals surface area contributed by atoms with Crippen molar-refractivity contribution in [2.45, 2.75) is 13.3 Å². The maximum absolute atomic E-state index is 12.5. The van der Waals surface area contributed by atoms with Crippen molar-refractivity contribution in [2.75, 3.05) is 13.6 Å². The Hall–Kier alpha value is -2.63. The van der Waals surface area contributed by atoms with E-state index in [1.165, 1.54) is 4.90 Å². The summed E-state index contributed by atoms with van der Waals surface area (Å²) in [5.74, 6) is -0.824. The van der Waals surface area contributed by atoms with E-state index in [-0.39, 0.29) is 18.9 Å². The van der Waals surface area contributed by atoms with Crippen molar-refractivity contribution in [3.63, 3.8) is 0 Å². The van der Waals surface area contributed by atoms with Crippen molar-refractivity contribution in [1.29, 1.82) is 0 Å². The fourth-order valence-corrected chi connectivity index (χ4v) is 1.97. The van der Waals surface area contributed by atoms with Crippen molar-refractivity contribution >= 4 is 11.9 Å². The predicted molar refractivity (Wildman–Crippen MR) is 75.9 cm³/mol. The molecule has 1 amide bonds. The molecule has 0 saturated heterocycles. The molecule has 0 fully saturated rings. The lowest BCUT2D eigenvalue weighted by molar-refractivity contribution is -0.137. The summed E-state index contributed by atoms with van der Waals surface area (Å²) >= 11 is 0. The van der Waals surface area contributed by atoms with Gasteiger partial charge in [0, 0.05) is 19.2 Å². The molecule has 2 rings (SSSR count). The quantitative estimate of drug-likeness (QED) is 0.911. The number of aromatic nitrogens is 1. The van der Waals surface area contributed by atoms with E-state index in [4.69, 9.17) is 9.63 Å². The molecule has 0 aliphatic heterocycles. The molecule has 0 bridgehead atoms. The molecule has 21 heavy (non-hydrogen) atoms. The number of carbonyl (C=O) groups is 2. The van der Waals surface area contributed by atoms with Gasteiger partial charge in [0.1, 0.15) is 17.0 Å². The Morgan fingerprint density at radius 3 is 2.57 bits per heavy atom. The minimum Gasteiger partial charge on any atom is -0.481 e. The maximum atomic E-state index is 12.5. The lowest BCUT2D eigenvalue weighted by Gasteiger charge is -2.16. The Balaban J connectivity index is 2.29. The van der Waals surface area contributed by atoms with E-state index in [9.17, 15) is 9.59 Å². The van der Waals surface area contributed by atoms with Crippen LogP contribution in [0.5, 0.6) is 0 Å². The van der Waals surface area contributed by atoms with Crippen LogP contribution in [0.4, 0.5) is 0 Å². The highest BCUT2D eigenvalue weighted by Crippen LogP contribution is 2.26. The first-order valence-electron chi connectivity index (χ1n) is 6.49. The zero-order valence-electron chi connectivity index (χ0n) is 11.9. The Bertz CT molecular complexity index is 649. The Labute approximate surface area is 122 Å². The van der Waals surface area contributed by atoms with Crippen molar-refractivity contribution in [1.82, 2.24) is 10.1 Å². The molecule has 1 aromatic carbocycles. The lowest BCUT2D eigenvalue weighted by Crippen LogP contribution is -2.29. The van der Waals surface area contributed by atoms with Crippen molar-refractivity contribution in [3.05, 3.63) is 41.7 Å². The molecule has 1 N–H and O–H groups in total. The number of aryl methyl sites for hydroxylation is 1. The third kappa shape index (κ3) is 3.28. The number of carboxylic acid groups (broad SMARTS) is 1. The number of rotatable bonds is 5. The third-order valence-corrected chi connectivity index (χ3v) is 3.13. The van der Waals surface area contributed by atoms with E-state index >= 15 is 0 Å². The molecule has 0 radical (unpaired) electrons. The van der Waals surface area contributed by atoms with Crippen LogP contribution in [0.3, 0.4) is 0 Å². The standard InChI is InChI=1S/C15H16N2O4/c1-10-13(15(20)17(2)9-8-12(18)19)14(16-21-10)11-6-4-3-5-7-11/h3-7H,8-9H2,1-2H3,(H,18,19). The summed E-state index contributed by atoms with van der Waals surface area (Å²) in [4.78, 5) is 24.4. The van der Waals surface area contributed by atoms with Gasteiger partial charge in [-0.2, -0.15) is 0 Å². The lowest BCUT2D eigenvalue weighted by atomic mass is 10.1. The summed E-state index contributed by atoms with van der Waals surface area (Å²) in [5.41, 5.74) is 1.62. The fourth-order valence-electron chi connectivity index (χ4n) is 1.97. The Morgan fingerprint density at radius 2 is 1.95 bits per heavy atom. The van der Waals surface area contributed by atoms with Gasteiger partial charge in [-0.15, -0.1) is 0 Å². The van der Waals surface area contributed by atoms with Crippen molar-refractivity contribution < 1.29 is 19.2 Å². The molecule has 0 unspecified atom stereocenters. The summed E-state index contributed by atoms with van der Waals surface area (Å²) in [6.45, 7) is 1.80. The highest BCUT2D eigenvalue weighted by molar-refractivity contribution is 6.00. The summed E-state index contributed by atoms with van der Waals surface area (Å²) in [5, 5.41) is 12.6. The van der Waals surface area contributed by atoms with Crippen LogP contribution < -0.4 is 0 Å². The summed E-state index contributed by atoms with van der Waals surface area (Å²) in [6, 6.07) is 9.25. The molecule has 110 valence electrons. The van der Waals surface area contributed by atoms with Gasteiger partial charge < -0.3 is 14.5 Å². The topological polar surface area (TPSA) is 83.6 Å². The number of aliphatic carboxylic acids is 1. The first-order chi connectivity index (χ1) is 10.0. The fraction of sp³-hybridized carbons (Fsp3) is 0.267. The van der Waals surface area contributed by atoms with Crippen LogP contribution in [0, 0.1) is 6.92 Å². The molecule has 1 heterocycles. The van der Waals surface area contributed by atoms with Crippen LogP contribution in [0.1, 0.15) is 22.5 Å². The molecule has 2 aromatic rings. The largest absolute Gasteiger partial charge is 0.481 e. The van der Waals surface area contributed by atoms with Crippen LogP contribution in [-0.4, -0.2) is 40.6 Å². The maximum Gasteiger partial charge on any atom is 0.305 e. The number of nitrogens with zero attached hydrogens (tertiary/aromatic N) is 2. The zero-order chi connectivity index (χ0) is 15.4. The van der Waals surface area contributed by atoms with Gasteiger partial charge in [0.05, 0.1) is 6.42 Å². The number of hydrogen-bond acceptors (Lipinski definition) is 4. The van der Waals surface area contributed by atoms with Gasteiger partial charge in [-0.05, 0) is 6.92 Å². The van der Waals surface area contributed by atoms with E-state index in [0.717, 1.165) is 5.56 Å². The van der Waals surface area contributed by atoms with Gasteiger partial charge in [-0.3, -0.25) is 9.59 Å². The number of hydrogen-bond donors (Lipinski definition) is 1. The van der Waals surface area contributed by atoms with E-state index in [0.29, 0.717) is 17.0 Å². The molecule has 6 heteroatoms. The van der Waals surface area contributed by atoms with Gasteiger partial charge in [0.15, 0.2) is 0 Å². The average Bonchev–Trinajstić information content (AvgIpc) is 2.86. The highest BCUT2D eigenvalue weighted by atomic mass is 16.5. The predicted octanol–water partition coefficient (Wildman–Crippen LogP) is 2.20. The highest BCUT2D eigenvalue weighted by Gasteiger charge is 2.24. The molecular weight excluding hydrogens is 272 g/mol. The van der Waals surface area contributed by atoms with Gasteiger partial charge in [0.25, 0.3) is 5.91 Å². The second-order valence-electron chi connectivity index (χ2n) is 4.70. The average molecular weight is 288 g/mol. The van der Waals surface area contributed by atoms with E-state index in [2.05, 4.69) is 5.16 Å². The van der Waals surface area contributed by atoms with Gasteiger partial charge in [0.2, 0.25) is 0 Å². The number of amides is 1. The minimum absolute atomic E-state index is 0.104. The van der Waals surface area contributed by atoms with E-state index in [1.54, 1.807) is 14.0 Å². The second-order valence-corrected chi connectivity index (χ2v) is 4.70. The molecule has 0 spiro atoms. The first-order valence-corrected chi connectivity index (χ1v) is 6.49. The summed E-state index contributed by atoms with van der Waals surface area (Å²) < 4.78 is 5.13. The van der Waals surface area contributed by atoms with Crippen LogP contribution in [0.15, 0.2) is 34.9 Å². The zero-order valence-corrected chi connectivity index (χ0v) is 11.9. The minimum atomic E-state index is -0.944. The van der Waals surface area contributed by atoms with Crippen molar-refractivity contribution in [2.24, 2.45) is 0 Å².